The first-order valence-corrected chi connectivity index (χ1v) is 8.32. The van der Waals surface area contributed by atoms with Crippen LogP contribution < -0.4 is 0 Å². The second kappa shape index (κ2) is 6.83. The van der Waals surface area contributed by atoms with Crippen LogP contribution in [0.15, 0.2) is 23.9 Å². The molecule has 0 saturated heterocycles. The molecule has 0 radical (unpaired) electrons. The number of H-pyrrole nitrogens is 1. The number of nitriles is 1. The molecule has 1 amide bonds. The molecule has 1 saturated carbocycles. The Bertz CT molecular complexity index is 604. The summed E-state index contributed by atoms with van der Waals surface area (Å²) >= 11 is 0. The second-order valence-electron chi connectivity index (χ2n) is 6.47. The molecule has 0 bridgehead atoms. The zero-order chi connectivity index (χ0) is 15.4. The Morgan fingerprint density at radius 2 is 2.27 bits per heavy atom. The van der Waals surface area contributed by atoms with Gasteiger partial charge in [0.2, 0.25) is 0 Å². The number of hydrogen-bond donors (Lipinski definition) is 1. The van der Waals surface area contributed by atoms with Crippen molar-refractivity contribution < 1.29 is 4.79 Å². The Morgan fingerprint density at radius 1 is 1.41 bits per heavy atom. The van der Waals surface area contributed by atoms with E-state index in [1.807, 2.05) is 4.90 Å². The number of rotatable bonds is 6. The molecular formula is C18H23N3O. The van der Waals surface area contributed by atoms with Crippen molar-refractivity contribution in [1.29, 1.82) is 5.26 Å². The Kier molecular flexibility index (Phi) is 4.62. The maximum Gasteiger partial charge on any atom is 0.270 e. The highest BCUT2D eigenvalue weighted by atomic mass is 16.2. The first-order chi connectivity index (χ1) is 10.8. The molecule has 1 aromatic rings. The molecule has 1 heterocycles. The summed E-state index contributed by atoms with van der Waals surface area (Å²) in [7, 11) is 0. The van der Waals surface area contributed by atoms with Crippen molar-refractivity contribution in [3.63, 3.8) is 0 Å². The number of nitrogens with one attached hydrogen (secondary N) is 1. The normalized spacial score (nSPS) is 17.7. The van der Waals surface area contributed by atoms with Gasteiger partial charge in [-0.15, -0.1) is 0 Å². The van der Waals surface area contributed by atoms with Crippen LogP contribution in [0.3, 0.4) is 0 Å². The van der Waals surface area contributed by atoms with Gasteiger partial charge in [-0.05, 0) is 56.9 Å². The van der Waals surface area contributed by atoms with E-state index in [0.717, 1.165) is 19.5 Å². The summed E-state index contributed by atoms with van der Waals surface area (Å²) < 4.78 is 0. The molecule has 0 atom stereocenters. The molecule has 2 aliphatic carbocycles. The Labute approximate surface area is 131 Å². The van der Waals surface area contributed by atoms with Crippen molar-refractivity contribution in [3.05, 3.63) is 35.2 Å². The first-order valence-electron chi connectivity index (χ1n) is 8.32. The smallest absolute Gasteiger partial charge is 0.270 e. The zero-order valence-electron chi connectivity index (χ0n) is 13.0. The van der Waals surface area contributed by atoms with Crippen molar-refractivity contribution >= 4 is 5.91 Å². The summed E-state index contributed by atoms with van der Waals surface area (Å²) in [4.78, 5) is 17.6. The minimum Gasteiger partial charge on any atom is -0.356 e. The van der Waals surface area contributed by atoms with Crippen molar-refractivity contribution in [2.75, 3.05) is 13.1 Å². The van der Waals surface area contributed by atoms with E-state index in [1.165, 1.54) is 44.1 Å². The van der Waals surface area contributed by atoms with Gasteiger partial charge in [-0.3, -0.25) is 4.79 Å². The van der Waals surface area contributed by atoms with Crippen molar-refractivity contribution in [1.82, 2.24) is 9.88 Å². The van der Waals surface area contributed by atoms with E-state index in [4.69, 9.17) is 5.26 Å². The summed E-state index contributed by atoms with van der Waals surface area (Å²) in [5.41, 5.74) is 2.56. The standard InChI is InChI=1S/C18H23N3O/c19-11-16-10-17(20-12-16)18(22)21(13-15-6-7-15)9-8-14-4-2-1-3-5-14/h4,10,12,15,20H,1-3,5-9,13H2. The topological polar surface area (TPSA) is 59.9 Å². The Hall–Kier alpha value is -2.02. The molecule has 0 aliphatic heterocycles. The maximum atomic E-state index is 12.7. The number of hydrogen-bond acceptors (Lipinski definition) is 2. The van der Waals surface area contributed by atoms with Gasteiger partial charge in [0.25, 0.3) is 5.91 Å². The second-order valence-corrected chi connectivity index (χ2v) is 6.47. The summed E-state index contributed by atoms with van der Waals surface area (Å²) in [5.74, 6) is 0.708. The van der Waals surface area contributed by atoms with E-state index in [0.29, 0.717) is 17.2 Å². The van der Waals surface area contributed by atoms with Gasteiger partial charge in [0.15, 0.2) is 0 Å². The van der Waals surface area contributed by atoms with E-state index in [1.54, 1.807) is 12.3 Å². The summed E-state index contributed by atoms with van der Waals surface area (Å²) in [6, 6.07) is 3.72. The van der Waals surface area contributed by atoms with Crippen LogP contribution in [0.1, 0.15) is 61.0 Å². The Balaban J connectivity index is 1.64. The number of aromatic amines is 1. The fourth-order valence-electron chi connectivity index (χ4n) is 3.05. The fraction of sp³-hybridized carbons (Fsp3) is 0.556. The molecule has 4 heteroatoms. The van der Waals surface area contributed by atoms with Crippen LogP contribution in [0.25, 0.3) is 0 Å². The van der Waals surface area contributed by atoms with Gasteiger partial charge in [-0.25, -0.2) is 0 Å². The van der Waals surface area contributed by atoms with Gasteiger partial charge in [-0.1, -0.05) is 11.6 Å². The van der Waals surface area contributed by atoms with Gasteiger partial charge in [0.1, 0.15) is 11.8 Å². The average Bonchev–Trinajstić information content (AvgIpc) is 3.25. The third kappa shape index (κ3) is 3.79. The van der Waals surface area contributed by atoms with Crippen LogP contribution in [0.2, 0.25) is 0 Å². The fourth-order valence-corrected chi connectivity index (χ4v) is 3.05. The van der Waals surface area contributed by atoms with E-state index in [2.05, 4.69) is 17.1 Å². The largest absolute Gasteiger partial charge is 0.356 e. The highest BCUT2D eigenvalue weighted by Crippen LogP contribution is 2.30. The van der Waals surface area contributed by atoms with E-state index >= 15 is 0 Å². The van der Waals surface area contributed by atoms with Crippen molar-refractivity contribution in [3.8, 4) is 6.07 Å². The molecule has 0 unspecified atom stereocenters. The highest BCUT2D eigenvalue weighted by Gasteiger charge is 2.27. The minimum absolute atomic E-state index is 0.0322. The molecule has 1 aromatic heterocycles. The van der Waals surface area contributed by atoms with Gasteiger partial charge < -0.3 is 9.88 Å². The van der Waals surface area contributed by atoms with Crippen molar-refractivity contribution in [2.45, 2.75) is 44.9 Å². The predicted molar refractivity (Wildman–Crippen MR) is 85.3 cm³/mol. The number of amides is 1. The quantitative estimate of drug-likeness (QED) is 0.815. The molecule has 22 heavy (non-hydrogen) atoms. The Morgan fingerprint density at radius 3 is 2.91 bits per heavy atom. The van der Waals surface area contributed by atoms with Gasteiger partial charge in [0, 0.05) is 19.3 Å². The molecule has 3 rings (SSSR count). The summed E-state index contributed by atoms with van der Waals surface area (Å²) in [5, 5.41) is 8.90. The number of carbonyl (C=O) groups excluding carboxylic acids is 1. The van der Waals surface area contributed by atoms with Crippen LogP contribution in [0.5, 0.6) is 0 Å². The molecule has 2 aliphatic rings. The summed E-state index contributed by atoms with van der Waals surface area (Å²) in [6.45, 7) is 1.65. The van der Waals surface area contributed by atoms with Gasteiger partial charge in [0.05, 0.1) is 5.56 Å². The summed E-state index contributed by atoms with van der Waals surface area (Å²) in [6.07, 6.45) is 12.4. The molecule has 1 N–H and O–H groups in total. The number of allylic oxidation sites excluding steroid dienone is 1. The van der Waals surface area contributed by atoms with Crippen LogP contribution in [0.4, 0.5) is 0 Å². The van der Waals surface area contributed by atoms with Crippen LogP contribution >= 0.6 is 0 Å². The maximum absolute atomic E-state index is 12.7. The third-order valence-electron chi connectivity index (χ3n) is 4.59. The number of carbonyl (C=O) groups is 1. The van der Waals surface area contributed by atoms with E-state index < -0.39 is 0 Å². The van der Waals surface area contributed by atoms with Crippen LogP contribution in [-0.4, -0.2) is 28.9 Å². The zero-order valence-corrected chi connectivity index (χ0v) is 13.0. The van der Waals surface area contributed by atoms with E-state index in [-0.39, 0.29) is 5.91 Å². The molecule has 0 spiro atoms. The van der Waals surface area contributed by atoms with E-state index in [9.17, 15) is 4.79 Å². The van der Waals surface area contributed by atoms with Crippen LogP contribution in [-0.2, 0) is 0 Å². The lowest BCUT2D eigenvalue weighted by atomic mass is 9.97. The molecule has 4 nitrogen and oxygen atoms in total. The highest BCUT2D eigenvalue weighted by molar-refractivity contribution is 5.92. The lowest BCUT2D eigenvalue weighted by Crippen LogP contribution is -2.34. The van der Waals surface area contributed by atoms with Crippen LogP contribution in [0, 0.1) is 17.2 Å². The third-order valence-corrected chi connectivity index (χ3v) is 4.59. The molecule has 1 fully saturated rings. The van der Waals surface area contributed by atoms with Gasteiger partial charge in [-0.2, -0.15) is 5.26 Å². The van der Waals surface area contributed by atoms with Gasteiger partial charge >= 0.3 is 0 Å². The average molecular weight is 297 g/mol. The molecule has 116 valence electrons. The first kappa shape index (κ1) is 14.9. The predicted octanol–water partition coefficient (Wildman–Crippen LogP) is 3.63. The molecule has 0 aromatic carbocycles. The number of aromatic nitrogens is 1. The monoisotopic (exact) mass is 297 g/mol. The molecular weight excluding hydrogens is 274 g/mol. The SMILES string of the molecule is N#Cc1c[nH]c(C(=O)N(CCC2=CCCCC2)CC2CC2)c1. The lowest BCUT2D eigenvalue weighted by Gasteiger charge is -2.23. The minimum atomic E-state index is 0.0322. The van der Waals surface area contributed by atoms with Crippen molar-refractivity contribution in [2.24, 2.45) is 5.92 Å². The number of nitrogens with zero attached hydrogens (tertiary/aromatic N) is 2. The lowest BCUT2D eigenvalue weighted by molar-refractivity contribution is 0.0744.